The maximum atomic E-state index is 13.7. The molecule has 5 heteroatoms. The number of carbonyl (C=O) groups is 1. The number of benzene rings is 2. The van der Waals surface area contributed by atoms with E-state index in [1.807, 2.05) is 26.0 Å². The van der Waals surface area contributed by atoms with E-state index in [1.165, 1.54) is 6.07 Å². The molecule has 1 aromatic heterocycles. The number of nitrogens with two attached hydrogens (primary N) is 1. The average molecular weight is 349 g/mol. The summed E-state index contributed by atoms with van der Waals surface area (Å²) in [5.41, 5.74) is 10.6. The molecule has 0 saturated heterocycles. The standard InChI is InChI=1S/C21H20FN3O/c1-12-4-6-15(7-5-12)21(26)25-19-9-8-16(20(23)24-19)17-10-14(3)18(22)11-13(17)2/h4-11H,1-3H3,(H3,23,24,25,26). The van der Waals surface area contributed by atoms with Crippen molar-refractivity contribution >= 4 is 17.5 Å². The number of hydrogen-bond acceptors (Lipinski definition) is 3. The molecule has 0 atom stereocenters. The highest BCUT2D eigenvalue weighted by Gasteiger charge is 2.12. The first-order valence-electron chi connectivity index (χ1n) is 8.27. The summed E-state index contributed by atoms with van der Waals surface area (Å²) in [7, 11) is 0. The van der Waals surface area contributed by atoms with E-state index >= 15 is 0 Å². The molecule has 1 amide bonds. The molecule has 0 fully saturated rings. The van der Waals surface area contributed by atoms with Gasteiger partial charge in [0.05, 0.1) is 0 Å². The highest BCUT2D eigenvalue weighted by atomic mass is 19.1. The Bertz CT molecular complexity index is 981. The van der Waals surface area contributed by atoms with E-state index in [2.05, 4.69) is 10.3 Å². The highest BCUT2D eigenvalue weighted by molar-refractivity contribution is 6.04. The molecule has 2 aromatic carbocycles. The third kappa shape index (κ3) is 3.57. The molecule has 1 heterocycles. The van der Waals surface area contributed by atoms with Crippen molar-refractivity contribution in [3.8, 4) is 11.1 Å². The van der Waals surface area contributed by atoms with Crippen LogP contribution in [0.25, 0.3) is 11.1 Å². The van der Waals surface area contributed by atoms with E-state index in [0.717, 1.165) is 16.7 Å². The van der Waals surface area contributed by atoms with Crippen LogP contribution in [0.2, 0.25) is 0 Å². The van der Waals surface area contributed by atoms with Gasteiger partial charge >= 0.3 is 0 Å². The van der Waals surface area contributed by atoms with E-state index < -0.39 is 0 Å². The van der Waals surface area contributed by atoms with Crippen LogP contribution in [0.15, 0.2) is 48.5 Å². The molecule has 0 bridgehead atoms. The fourth-order valence-corrected chi connectivity index (χ4v) is 2.74. The lowest BCUT2D eigenvalue weighted by Gasteiger charge is -2.12. The van der Waals surface area contributed by atoms with Crippen molar-refractivity contribution in [2.45, 2.75) is 20.8 Å². The summed E-state index contributed by atoms with van der Waals surface area (Å²) < 4.78 is 13.7. The number of carbonyl (C=O) groups excluding carboxylic acids is 1. The van der Waals surface area contributed by atoms with Crippen molar-refractivity contribution in [3.63, 3.8) is 0 Å². The van der Waals surface area contributed by atoms with Gasteiger partial charge in [-0.3, -0.25) is 4.79 Å². The van der Waals surface area contributed by atoms with Crippen LogP contribution in [0.4, 0.5) is 16.0 Å². The van der Waals surface area contributed by atoms with Crippen molar-refractivity contribution in [3.05, 3.63) is 76.6 Å². The Morgan fingerprint density at radius 3 is 2.31 bits per heavy atom. The molecule has 132 valence electrons. The number of anilines is 2. The fraction of sp³-hybridized carbons (Fsp3) is 0.143. The Morgan fingerprint density at radius 2 is 1.65 bits per heavy atom. The molecule has 0 spiro atoms. The number of nitrogens with one attached hydrogen (secondary N) is 1. The van der Waals surface area contributed by atoms with Crippen LogP contribution >= 0.6 is 0 Å². The smallest absolute Gasteiger partial charge is 0.256 e. The summed E-state index contributed by atoms with van der Waals surface area (Å²) in [5, 5.41) is 2.74. The highest BCUT2D eigenvalue weighted by Crippen LogP contribution is 2.30. The van der Waals surface area contributed by atoms with E-state index in [4.69, 9.17) is 5.73 Å². The molecule has 0 saturated carbocycles. The van der Waals surface area contributed by atoms with Gasteiger partial charge in [-0.15, -0.1) is 0 Å². The van der Waals surface area contributed by atoms with Crippen molar-refractivity contribution in [2.24, 2.45) is 0 Å². The predicted octanol–water partition coefficient (Wildman–Crippen LogP) is 4.65. The SMILES string of the molecule is Cc1ccc(C(=O)Nc2ccc(-c3cc(C)c(F)cc3C)c(N)n2)cc1. The first kappa shape index (κ1) is 17.6. The Balaban J connectivity index is 1.87. The summed E-state index contributed by atoms with van der Waals surface area (Å²) in [4.78, 5) is 16.6. The number of hydrogen-bond donors (Lipinski definition) is 2. The summed E-state index contributed by atoms with van der Waals surface area (Å²) in [6.07, 6.45) is 0. The number of aromatic nitrogens is 1. The van der Waals surface area contributed by atoms with Crippen LogP contribution in [0.5, 0.6) is 0 Å². The number of amides is 1. The third-order valence-electron chi connectivity index (χ3n) is 4.28. The molecule has 26 heavy (non-hydrogen) atoms. The largest absolute Gasteiger partial charge is 0.383 e. The quantitative estimate of drug-likeness (QED) is 0.723. The van der Waals surface area contributed by atoms with Crippen molar-refractivity contribution in [2.75, 3.05) is 11.1 Å². The molecule has 0 radical (unpaired) electrons. The minimum atomic E-state index is -0.251. The van der Waals surface area contributed by atoms with Gasteiger partial charge in [-0.25, -0.2) is 9.37 Å². The van der Waals surface area contributed by atoms with Crippen LogP contribution in [0, 0.1) is 26.6 Å². The van der Waals surface area contributed by atoms with E-state index in [-0.39, 0.29) is 17.5 Å². The molecule has 3 N–H and O–H groups in total. The van der Waals surface area contributed by atoms with Crippen LogP contribution in [0.1, 0.15) is 27.0 Å². The summed E-state index contributed by atoms with van der Waals surface area (Å²) in [6.45, 7) is 5.49. The van der Waals surface area contributed by atoms with E-state index in [9.17, 15) is 9.18 Å². The lowest BCUT2D eigenvalue weighted by Crippen LogP contribution is -2.13. The van der Waals surface area contributed by atoms with Gasteiger partial charge in [0.2, 0.25) is 0 Å². The lowest BCUT2D eigenvalue weighted by molar-refractivity contribution is 0.102. The molecule has 0 aliphatic carbocycles. The molecule has 3 rings (SSSR count). The van der Waals surface area contributed by atoms with Gasteiger partial charge in [0.25, 0.3) is 5.91 Å². The van der Waals surface area contributed by atoms with Crippen LogP contribution in [0.3, 0.4) is 0 Å². The van der Waals surface area contributed by atoms with Crippen molar-refractivity contribution < 1.29 is 9.18 Å². The zero-order chi connectivity index (χ0) is 18.8. The summed E-state index contributed by atoms with van der Waals surface area (Å²) >= 11 is 0. The van der Waals surface area contributed by atoms with Crippen molar-refractivity contribution in [1.82, 2.24) is 4.98 Å². The van der Waals surface area contributed by atoms with Gasteiger partial charge in [-0.1, -0.05) is 17.7 Å². The summed E-state index contributed by atoms with van der Waals surface area (Å²) in [5.74, 6) is 0.146. The normalized spacial score (nSPS) is 10.6. The number of halogens is 1. The van der Waals surface area contributed by atoms with Crippen molar-refractivity contribution in [1.29, 1.82) is 0 Å². The van der Waals surface area contributed by atoms with Gasteiger partial charge in [0.1, 0.15) is 17.5 Å². The Kier molecular flexibility index (Phi) is 4.71. The number of aryl methyl sites for hydroxylation is 3. The summed E-state index contributed by atoms with van der Waals surface area (Å²) in [6, 6.07) is 14.0. The Morgan fingerprint density at radius 1 is 0.962 bits per heavy atom. The topological polar surface area (TPSA) is 68.0 Å². The molecule has 0 aliphatic rings. The lowest BCUT2D eigenvalue weighted by atomic mass is 9.98. The predicted molar refractivity (Wildman–Crippen MR) is 103 cm³/mol. The van der Waals surface area contributed by atoms with Gasteiger partial charge in [0, 0.05) is 11.1 Å². The Hall–Kier alpha value is -3.21. The minimum absolute atomic E-state index is 0.250. The van der Waals surface area contributed by atoms with E-state index in [0.29, 0.717) is 22.5 Å². The molecule has 0 unspecified atom stereocenters. The maximum absolute atomic E-state index is 13.7. The zero-order valence-corrected chi connectivity index (χ0v) is 14.9. The van der Waals surface area contributed by atoms with Gasteiger partial charge in [0.15, 0.2) is 0 Å². The first-order chi connectivity index (χ1) is 12.3. The Labute approximate surface area is 151 Å². The first-order valence-corrected chi connectivity index (χ1v) is 8.27. The maximum Gasteiger partial charge on any atom is 0.256 e. The molecule has 0 aliphatic heterocycles. The van der Waals surface area contributed by atoms with Gasteiger partial charge in [-0.05, 0) is 73.9 Å². The zero-order valence-electron chi connectivity index (χ0n) is 14.9. The molecular formula is C21H20FN3O. The number of nitrogen functional groups attached to an aromatic ring is 1. The number of pyridine rings is 1. The number of rotatable bonds is 3. The van der Waals surface area contributed by atoms with Gasteiger partial charge < -0.3 is 11.1 Å². The van der Waals surface area contributed by atoms with Crippen LogP contribution in [-0.4, -0.2) is 10.9 Å². The second-order valence-corrected chi connectivity index (χ2v) is 6.37. The number of nitrogens with zero attached hydrogens (tertiary/aromatic N) is 1. The minimum Gasteiger partial charge on any atom is -0.383 e. The average Bonchev–Trinajstić information content (AvgIpc) is 2.59. The molecule has 3 aromatic rings. The molecular weight excluding hydrogens is 329 g/mol. The van der Waals surface area contributed by atoms with Gasteiger partial charge in [-0.2, -0.15) is 0 Å². The van der Waals surface area contributed by atoms with E-state index in [1.54, 1.807) is 37.3 Å². The fourth-order valence-electron chi connectivity index (χ4n) is 2.74. The van der Waals surface area contributed by atoms with Crippen LogP contribution < -0.4 is 11.1 Å². The monoisotopic (exact) mass is 349 g/mol. The third-order valence-corrected chi connectivity index (χ3v) is 4.28. The second kappa shape index (κ2) is 6.96. The second-order valence-electron chi connectivity index (χ2n) is 6.37. The van der Waals surface area contributed by atoms with Crippen LogP contribution in [-0.2, 0) is 0 Å². The molecule has 4 nitrogen and oxygen atoms in total.